The summed E-state index contributed by atoms with van der Waals surface area (Å²) >= 11 is 0. The monoisotopic (exact) mass is 440 g/mol. The lowest BCUT2D eigenvalue weighted by Gasteiger charge is -2.17. The van der Waals surface area contributed by atoms with Crippen molar-refractivity contribution in [2.45, 2.75) is 26.8 Å². The third kappa shape index (κ3) is 4.72. The van der Waals surface area contributed by atoms with Gasteiger partial charge in [-0.3, -0.25) is 0 Å². The minimum Gasteiger partial charge on any atom is -0.473 e. The Labute approximate surface area is 181 Å². The first-order valence-electron chi connectivity index (χ1n) is 9.68. The van der Waals surface area contributed by atoms with Crippen molar-refractivity contribution in [2.24, 2.45) is 0 Å². The van der Waals surface area contributed by atoms with Gasteiger partial charge >= 0.3 is 6.36 Å². The van der Waals surface area contributed by atoms with Crippen LogP contribution in [0.1, 0.15) is 16.8 Å². The molecule has 0 saturated carbocycles. The van der Waals surface area contributed by atoms with Gasteiger partial charge in [0.1, 0.15) is 12.4 Å². The molecule has 2 aromatic heterocycles. The van der Waals surface area contributed by atoms with Gasteiger partial charge in [0.25, 0.3) is 0 Å². The molecule has 9 heteroatoms. The van der Waals surface area contributed by atoms with Gasteiger partial charge in [0.15, 0.2) is 0 Å². The maximum Gasteiger partial charge on any atom is 0.573 e. The molecule has 0 fully saturated rings. The summed E-state index contributed by atoms with van der Waals surface area (Å²) in [6.45, 7) is 3.64. The van der Waals surface area contributed by atoms with Gasteiger partial charge in [-0.15, -0.1) is 13.2 Å². The summed E-state index contributed by atoms with van der Waals surface area (Å²) in [5.41, 5.74) is 8.97. The highest BCUT2D eigenvalue weighted by molar-refractivity contribution is 5.86. The molecular weight excluding hydrogens is 421 g/mol. The first-order chi connectivity index (χ1) is 15.2. The predicted molar refractivity (Wildman–Crippen MR) is 114 cm³/mol. The zero-order valence-electron chi connectivity index (χ0n) is 17.3. The van der Waals surface area contributed by atoms with E-state index in [4.69, 9.17) is 15.5 Å². The van der Waals surface area contributed by atoms with Crippen LogP contribution < -0.4 is 15.2 Å². The molecule has 0 bridgehead atoms. The van der Waals surface area contributed by atoms with E-state index in [0.29, 0.717) is 22.5 Å². The number of benzene rings is 2. The fourth-order valence-corrected chi connectivity index (χ4v) is 3.40. The summed E-state index contributed by atoms with van der Waals surface area (Å²) in [6, 6.07) is 15.0. The molecule has 0 amide bonds. The quantitative estimate of drug-likeness (QED) is 0.449. The molecule has 0 aliphatic rings. The molecule has 4 rings (SSSR count). The zero-order chi connectivity index (χ0) is 22.9. The molecule has 2 heterocycles. The van der Waals surface area contributed by atoms with Crippen LogP contribution in [0.3, 0.4) is 0 Å². The number of para-hydroxylation sites is 2. The molecule has 0 aliphatic carbocycles. The number of aromatic nitrogens is 3. The van der Waals surface area contributed by atoms with Crippen LogP contribution in [-0.4, -0.2) is 21.3 Å². The molecule has 0 aliphatic heterocycles. The van der Waals surface area contributed by atoms with Crippen LogP contribution in [0.4, 0.5) is 19.1 Å². The van der Waals surface area contributed by atoms with E-state index in [0.717, 1.165) is 10.9 Å². The van der Waals surface area contributed by atoms with Crippen LogP contribution in [0.15, 0.2) is 54.6 Å². The number of nitrogen functional groups attached to an aromatic ring is 1. The van der Waals surface area contributed by atoms with Gasteiger partial charge in [0, 0.05) is 28.3 Å². The highest BCUT2D eigenvalue weighted by Gasteiger charge is 2.32. The van der Waals surface area contributed by atoms with Crippen molar-refractivity contribution < 1.29 is 22.6 Å². The number of halogens is 3. The zero-order valence-corrected chi connectivity index (χ0v) is 17.3. The van der Waals surface area contributed by atoms with Crippen LogP contribution in [0.2, 0.25) is 0 Å². The number of hydrogen-bond acceptors (Lipinski definition) is 6. The fraction of sp³-hybridized carbons (Fsp3) is 0.174. The Morgan fingerprint density at radius 3 is 2.47 bits per heavy atom. The third-order valence-electron chi connectivity index (χ3n) is 4.72. The molecule has 0 spiro atoms. The van der Waals surface area contributed by atoms with Gasteiger partial charge in [-0.05, 0) is 37.6 Å². The SMILES string of the molecule is Cc1cc(OCc2cc3cccc(C)c3nc2-c2ccccc2OC(F)(F)F)nc(N)n1. The van der Waals surface area contributed by atoms with E-state index in [9.17, 15) is 13.2 Å². The van der Waals surface area contributed by atoms with Crippen LogP contribution in [0, 0.1) is 13.8 Å². The summed E-state index contributed by atoms with van der Waals surface area (Å²) in [7, 11) is 0. The van der Waals surface area contributed by atoms with Gasteiger partial charge in [-0.25, -0.2) is 9.97 Å². The lowest BCUT2D eigenvalue weighted by molar-refractivity contribution is -0.274. The minimum absolute atomic E-state index is 0.00244. The van der Waals surface area contributed by atoms with Crippen LogP contribution in [0.25, 0.3) is 22.2 Å². The van der Waals surface area contributed by atoms with Crippen molar-refractivity contribution >= 4 is 16.9 Å². The number of pyridine rings is 1. The van der Waals surface area contributed by atoms with Crippen LogP contribution in [0.5, 0.6) is 11.6 Å². The number of rotatable bonds is 5. The normalized spacial score (nSPS) is 11.5. The Balaban J connectivity index is 1.83. The second kappa shape index (κ2) is 8.33. The topological polar surface area (TPSA) is 83.2 Å². The van der Waals surface area contributed by atoms with E-state index in [2.05, 4.69) is 14.7 Å². The highest BCUT2D eigenvalue weighted by atomic mass is 19.4. The second-order valence-electron chi connectivity index (χ2n) is 7.18. The molecule has 6 nitrogen and oxygen atoms in total. The molecular formula is C23H19F3N4O2. The maximum atomic E-state index is 13.0. The predicted octanol–water partition coefficient (Wildman–Crippen LogP) is 5.37. The van der Waals surface area contributed by atoms with Crippen LogP contribution in [-0.2, 0) is 6.61 Å². The Morgan fingerprint density at radius 2 is 1.72 bits per heavy atom. The minimum atomic E-state index is -4.84. The molecule has 0 atom stereocenters. The van der Waals surface area contributed by atoms with Gasteiger partial charge < -0.3 is 15.2 Å². The molecule has 0 unspecified atom stereocenters. The van der Waals surface area contributed by atoms with Gasteiger partial charge in [0.05, 0.1) is 11.2 Å². The number of nitrogens with zero attached hydrogens (tertiary/aromatic N) is 3. The molecule has 0 radical (unpaired) electrons. The third-order valence-corrected chi connectivity index (χ3v) is 4.72. The van der Waals surface area contributed by atoms with Crippen molar-refractivity contribution in [1.82, 2.24) is 15.0 Å². The number of anilines is 1. The Morgan fingerprint density at radius 1 is 0.938 bits per heavy atom. The summed E-state index contributed by atoms with van der Waals surface area (Å²) in [6.07, 6.45) is -4.84. The second-order valence-corrected chi connectivity index (χ2v) is 7.18. The fourth-order valence-electron chi connectivity index (χ4n) is 3.40. The van der Waals surface area contributed by atoms with Crippen molar-refractivity contribution in [3.63, 3.8) is 0 Å². The van der Waals surface area contributed by atoms with E-state index in [-0.39, 0.29) is 29.7 Å². The van der Waals surface area contributed by atoms with Gasteiger partial charge in [-0.1, -0.05) is 30.3 Å². The number of ether oxygens (including phenoxy) is 2. The van der Waals surface area contributed by atoms with Crippen molar-refractivity contribution in [1.29, 1.82) is 0 Å². The summed E-state index contributed by atoms with van der Waals surface area (Å²) < 4.78 is 49.1. The molecule has 2 N–H and O–H groups in total. The average molecular weight is 440 g/mol. The molecule has 2 aromatic carbocycles. The summed E-state index contributed by atoms with van der Waals surface area (Å²) in [5, 5.41) is 0.833. The number of fused-ring (bicyclic) bond motifs is 1. The van der Waals surface area contributed by atoms with Crippen LogP contribution >= 0.6 is 0 Å². The molecule has 4 aromatic rings. The van der Waals surface area contributed by atoms with Gasteiger partial charge in [-0.2, -0.15) is 4.98 Å². The number of nitrogens with two attached hydrogens (primary N) is 1. The van der Waals surface area contributed by atoms with E-state index >= 15 is 0 Å². The van der Waals surface area contributed by atoms with Crippen molar-refractivity contribution in [3.05, 3.63) is 71.4 Å². The number of hydrogen-bond donors (Lipinski definition) is 1. The summed E-state index contributed by atoms with van der Waals surface area (Å²) in [4.78, 5) is 12.7. The van der Waals surface area contributed by atoms with Crippen molar-refractivity contribution in [2.75, 3.05) is 5.73 Å². The maximum absolute atomic E-state index is 13.0. The Bertz CT molecular complexity index is 1270. The van der Waals surface area contributed by atoms with E-state index in [1.54, 1.807) is 19.1 Å². The smallest absolute Gasteiger partial charge is 0.473 e. The number of aryl methyl sites for hydroxylation is 2. The lowest BCUT2D eigenvalue weighted by Crippen LogP contribution is -2.17. The first kappa shape index (κ1) is 21.4. The lowest BCUT2D eigenvalue weighted by atomic mass is 10.0. The van der Waals surface area contributed by atoms with Gasteiger partial charge in [0.2, 0.25) is 11.8 Å². The van der Waals surface area contributed by atoms with E-state index in [1.807, 2.05) is 31.2 Å². The van der Waals surface area contributed by atoms with E-state index in [1.165, 1.54) is 18.2 Å². The molecule has 32 heavy (non-hydrogen) atoms. The standard InChI is InChI=1S/C23H19F3N4O2/c1-13-6-5-7-15-11-16(12-31-19-10-14(2)28-22(27)29-19)21(30-20(13)15)17-8-3-4-9-18(17)32-23(24,25)26/h3-11H,12H2,1-2H3,(H2,27,28,29). The number of alkyl halides is 3. The highest BCUT2D eigenvalue weighted by Crippen LogP contribution is 2.36. The van der Waals surface area contributed by atoms with Crippen molar-refractivity contribution in [3.8, 4) is 22.9 Å². The molecule has 0 saturated heterocycles. The summed E-state index contributed by atoms with van der Waals surface area (Å²) in [5.74, 6) is -0.0228. The largest absolute Gasteiger partial charge is 0.573 e. The van der Waals surface area contributed by atoms with E-state index < -0.39 is 6.36 Å². The Hall–Kier alpha value is -3.88. The average Bonchev–Trinajstić information content (AvgIpc) is 2.71. The first-order valence-corrected chi connectivity index (χ1v) is 9.68. The molecule has 164 valence electrons. The Kier molecular flexibility index (Phi) is 5.56.